The van der Waals surface area contributed by atoms with Crippen molar-refractivity contribution in [3.63, 3.8) is 0 Å². The third-order valence-corrected chi connectivity index (χ3v) is 3.03. The quantitative estimate of drug-likeness (QED) is 0.728. The van der Waals surface area contributed by atoms with Crippen molar-refractivity contribution >= 4 is 5.82 Å². The van der Waals surface area contributed by atoms with Gasteiger partial charge in [0.25, 0.3) is 0 Å². The molecule has 0 amide bonds. The largest absolute Gasteiger partial charge is 0.456 e. The van der Waals surface area contributed by atoms with Crippen molar-refractivity contribution < 1.29 is 0 Å². The monoisotopic (exact) mass is 233 g/mol. The molecule has 1 aromatic rings. The van der Waals surface area contributed by atoms with E-state index in [1.54, 1.807) is 0 Å². The Labute approximate surface area is 104 Å². The molecule has 94 valence electrons. The van der Waals surface area contributed by atoms with Gasteiger partial charge in [-0.3, -0.25) is 7.05 Å². The molecule has 0 saturated carbocycles. The van der Waals surface area contributed by atoms with Crippen LogP contribution in [-0.4, -0.2) is 55.1 Å². The zero-order valence-corrected chi connectivity index (χ0v) is 10.8. The Hall–Kier alpha value is -1.13. The molecule has 4 heteroatoms. The maximum absolute atomic E-state index is 4.54. The van der Waals surface area contributed by atoms with E-state index in [9.17, 15) is 0 Å². The molecule has 0 bridgehead atoms. The SMILES string of the molecule is [CH2-]N1CCN(c2ncccc2CN(C)C)CC1. The lowest BCUT2D eigenvalue weighted by Gasteiger charge is -2.38. The molecule has 2 rings (SSSR count). The minimum atomic E-state index is 0.938. The Morgan fingerprint density at radius 2 is 2.00 bits per heavy atom. The van der Waals surface area contributed by atoms with Crippen molar-refractivity contribution in [1.29, 1.82) is 0 Å². The van der Waals surface area contributed by atoms with Crippen molar-refractivity contribution in [1.82, 2.24) is 14.8 Å². The van der Waals surface area contributed by atoms with E-state index in [1.807, 2.05) is 12.3 Å². The first-order valence-electron chi connectivity index (χ1n) is 6.06. The fourth-order valence-corrected chi connectivity index (χ4v) is 2.14. The van der Waals surface area contributed by atoms with Gasteiger partial charge >= 0.3 is 0 Å². The summed E-state index contributed by atoms with van der Waals surface area (Å²) in [5.41, 5.74) is 1.30. The average molecular weight is 233 g/mol. The molecular weight excluding hydrogens is 212 g/mol. The van der Waals surface area contributed by atoms with Crippen LogP contribution in [0.2, 0.25) is 0 Å². The number of pyridine rings is 1. The molecule has 17 heavy (non-hydrogen) atoms. The molecule has 0 unspecified atom stereocenters. The van der Waals surface area contributed by atoms with Crippen LogP contribution in [0.5, 0.6) is 0 Å². The minimum absolute atomic E-state index is 0.938. The molecule has 0 atom stereocenters. The van der Waals surface area contributed by atoms with Gasteiger partial charge in [0, 0.05) is 31.4 Å². The second-order valence-electron chi connectivity index (χ2n) is 4.83. The van der Waals surface area contributed by atoms with Crippen LogP contribution in [-0.2, 0) is 6.54 Å². The van der Waals surface area contributed by atoms with Gasteiger partial charge in [-0.05, 0) is 33.3 Å². The summed E-state index contributed by atoms with van der Waals surface area (Å²) in [5, 5.41) is 0. The molecule has 0 N–H and O–H groups in total. The predicted octanol–water partition coefficient (Wildman–Crippen LogP) is 1.06. The zero-order valence-electron chi connectivity index (χ0n) is 10.8. The number of anilines is 1. The zero-order chi connectivity index (χ0) is 12.3. The first-order valence-corrected chi connectivity index (χ1v) is 6.06. The van der Waals surface area contributed by atoms with E-state index < -0.39 is 0 Å². The number of rotatable bonds is 3. The Morgan fingerprint density at radius 3 is 2.65 bits per heavy atom. The predicted molar refractivity (Wildman–Crippen MR) is 70.8 cm³/mol. The summed E-state index contributed by atoms with van der Waals surface area (Å²) < 4.78 is 0. The summed E-state index contributed by atoms with van der Waals surface area (Å²) in [6.45, 7) is 4.99. The maximum atomic E-state index is 4.54. The molecule has 1 aliphatic rings. The fourth-order valence-electron chi connectivity index (χ4n) is 2.14. The summed E-state index contributed by atoms with van der Waals surface area (Å²) in [5.74, 6) is 1.13. The normalized spacial score (nSPS) is 17.8. The van der Waals surface area contributed by atoms with Gasteiger partial charge in [0.15, 0.2) is 0 Å². The average Bonchev–Trinajstić information content (AvgIpc) is 2.30. The van der Waals surface area contributed by atoms with Gasteiger partial charge in [0.2, 0.25) is 0 Å². The molecule has 2 heterocycles. The number of aromatic nitrogens is 1. The maximum Gasteiger partial charge on any atom is 0.133 e. The lowest BCUT2D eigenvalue weighted by atomic mass is 10.2. The standard InChI is InChI=1S/C13H21N4/c1-15(2)11-12-5-4-6-14-13(12)17-9-7-16(3)8-10-17/h4-6H,3,7-11H2,1-2H3/q-1. The second-order valence-corrected chi connectivity index (χ2v) is 4.83. The summed E-state index contributed by atoms with van der Waals surface area (Å²) in [7, 11) is 8.15. The molecule has 0 radical (unpaired) electrons. The molecular formula is C13H21N4-. The van der Waals surface area contributed by atoms with Crippen LogP contribution in [0.3, 0.4) is 0 Å². The van der Waals surface area contributed by atoms with Crippen molar-refractivity contribution in [2.45, 2.75) is 6.54 Å². The Balaban J connectivity index is 2.14. The molecule has 0 aliphatic carbocycles. The lowest BCUT2D eigenvalue weighted by molar-refractivity contribution is 0.341. The number of piperazine rings is 1. The van der Waals surface area contributed by atoms with Gasteiger partial charge in [0.05, 0.1) is 0 Å². The highest BCUT2D eigenvalue weighted by atomic mass is 15.3. The summed E-state index contributed by atoms with van der Waals surface area (Å²) in [4.78, 5) is 11.2. The van der Waals surface area contributed by atoms with Crippen LogP contribution >= 0.6 is 0 Å². The van der Waals surface area contributed by atoms with E-state index in [0.29, 0.717) is 0 Å². The van der Waals surface area contributed by atoms with E-state index in [0.717, 1.165) is 38.5 Å². The van der Waals surface area contributed by atoms with E-state index >= 15 is 0 Å². The Morgan fingerprint density at radius 1 is 1.29 bits per heavy atom. The van der Waals surface area contributed by atoms with Crippen LogP contribution in [0.25, 0.3) is 0 Å². The van der Waals surface area contributed by atoms with Gasteiger partial charge in [-0.15, -0.1) is 0 Å². The minimum Gasteiger partial charge on any atom is -0.456 e. The van der Waals surface area contributed by atoms with Crippen LogP contribution in [0.4, 0.5) is 5.82 Å². The topological polar surface area (TPSA) is 22.6 Å². The summed E-state index contributed by atoms with van der Waals surface area (Å²) >= 11 is 0. The van der Waals surface area contributed by atoms with Crippen LogP contribution < -0.4 is 4.90 Å². The first kappa shape index (κ1) is 12.3. The number of hydrogen-bond acceptors (Lipinski definition) is 4. The van der Waals surface area contributed by atoms with E-state index in [-0.39, 0.29) is 0 Å². The third-order valence-electron chi connectivity index (χ3n) is 3.03. The molecule has 1 fully saturated rings. The molecule has 4 nitrogen and oxygen atoms in total. The van der Waals surface area contributed by atoms with Crippen molar-refractivity contribution in [2.75, 3.05) is 45.2 Å². The Kier molecular flexibility index (Phi) is 3.97. The van der Waals surface area contributed by atoms with Crippen molar-refractivity contribution in [2.24, 2.45) is 0 Å². The van der Waals surface area contributed by atoms with Crippen molar-refractivity contribution in [3.8, 4) is 0 Å². The van der Waals surface area contributed by atoms with Crippen molar-refractivity contribution in [3.05, 3.63) is 30.9 Å². The first-order chi connectivity index (χ1) is 8.16. The summed E-state index contributed by atoms with van der Waals surface area (Å²) in [6.07, 6.45) is 1.88. The number of nitrogens with zero attached hydrogens (tertiary/aromatic N) is 4. The summed E-state index contributed by atoms with van der Waals surface area (Å²) in [6, 6.07) is 4.18. The molecule has 1 aliphatic heterocycles. The molecule has 0 spiro atoms. The van der Waals surface area contributed by atoms with Gasteiger partial charge in [-0.25, -0.2) is 4.98 Å². The van der Waals surface area contributed by atoms with Crippen LogP contribution in [0.1, 0.15) is 5.56 Å². The van der Waals surface area contributed by atoms with E-state index in [1.165, 1.54) is 5.56 Å². The fraction of sp³-hybridized carbons (Fsp3) is 0.538. The molecule has 1 aromatic heterocycles. The van der Waals surface area contributed by atoms with Gasteiger partial charge in [-0.1, -0.05) is 6.07 Å². The van der Waals surface area contributed by atoms with Gasteiger partial charge < -0.3 is 14.7 Å². The third kappa shape index (κ3) is 3.17. The van der Waals surface area contributed by atoms with Gasteiger partial charge in [0.1, 0.15) is 5.82 Å². The highest BCUT2D eigenvalue weighted by Crippen LogP contribution is 2.19. The van der Waals surface area contributed by atoms with E-state index in [4.69, 9.17) is 0 Å². The van der Waals surface area contributed by atoms with Gasteiger partial charge in [-0.2, -0.15) is 0 Å². The van der Waals surface area contributed by atoms with E-state index in [2.05, 4.69) is 46.9 Å². The number of hydrogen-bond donors (Lipinski definition) is 0. The Bertz CT molecular complexity index is 356. The molecule has 1 saturated heterocycles. The lowest BCUT2D eigenvalue weighted by Crippen LogP contribution is -2.44. The highest BCUT2D eigenvalue weighted by Gasteiger charge is 2.15. The second kappa shape index (κ2) is 5.47. The molecule has 0 aromatic carbocycles. The van der Waals surface area contributed by atoms with Crippen LogP contribution in [0.15, 0.2) is 18.3 Å². The highest BCUT2D eigenvalue weighted by molar-refractivity contribution is 5.47. The smallest absolute Gasteiger partial charge is 0.133 e. The van der Waals surface area contributed by atoms with Crippen LogP contribution in [0, 0.1) is 7.05 Å².